The summed E-state index contributed by atoms with van der Waals surface area (Å²) in [4.78, 5) is 14.0. The topological polar surface area (TPSA) is 32.3 Å². The van der Waals surface area contributed by atoms with Crippen LogP contribution in [-0.2, 0) is 4.79 Å². The number of hydrogen-bond acceptors (Lipinski definition) is 2. The Morgan fingerprint density at radius 2 is 1.87 bits per heavy atom. The normalized spacial score (nSPS) is 28.9. The molecule has 15 heavy (non-hydrogen) atoms. The first-order valence-corrected chi connectivity index (χ1v) is 6.11. The molecule has 0 bridgehead atoms. The number of amides is 1. The van der Waals surface area contributed by atoms with Crippen LogP contribution < -0.4 is 5.32 Å². The summed E-state index contributed by atoms with van der Waals surface area (Å²) in [6, 6.07) is 0.330. The Balaban J connectivity index is 2.74. The van der Waals surface area contributed by atoms with Crippen LogP contribution >= 0.6 is 0 Å². The fourth-order valence-electron chi connectivity index (χ4n) is 2.68. The lowest BCUT2D eigenvalue weighted by Crippen LogP contribution is -2.45. The van der Waals surface area contributed by atoms with Gasteiger partial charge >= 0.3 is 0 Å². The Kier molecular flexibility index (Phi) is 4.14. The van der Waals surface area contributed by atoms with Gasteiger partial charge in [0.1, 0.15) is 0 Å². The summed E-state index contributed by atoms with van der Waals surface area (Å²) in [6.07, 6.45) is 2.47. The quantitative estimate of drug-likeness (QED) is 0.773. The second kappa shape index (κ2) is 4.97. The molecule has 1 N–H and O–H groups in total. The number of rotatable bonds is 4. The van der Waals surface area contributed by atoms with E-state index in [1.54, 1.807) is 0 Å². The summed E-state index contributed by atoms with van der Waals surface area (Å²) in [5, 5.41) is 3.28. The summed E-state index contributed by atoms with van der Waals surface area (Å²) in [5.74, 6) is 0.866. The van der Waals surface area contributed by atoms with Gasteiger partial charge < -0.3 is 4.90 Å². The number of nitrogens with one attached hydrogen (secondary N) is 1. The Bertz CT molecular complexity index is 226. The summed E-state index contributed by atoms with van der Waals surface area (Å²) < 4.78 is 0. The van der Waals surface area contributed by atoms with Crippen LogP contribution in [0.15, 0.2) is 0 Å². The lowest BCUT2D eigenvalue weighted by Gasteiger charge is -2.33. The van der Waals surface area contributed by atoms with E-state index in [-0.39, 0.29) is 18.1 Å². The Labute approximate surface area is 93.2 Å². The molecule has 1 rings (SSSR count). The fourth-order valence-corrected chi connectivity index (χ4v) is 2.68. The molecule has 3 nitrogen and oxygen atoms in total. The fraction of sp³-hybridized carbons (Fsp3) is 0.917. The SMILES string of the molecule is CCC(CC)C(C)N1C(=O)C(C)NC1C. The van der Waals surface area contributed by atoms with Crippen molar-refractivity contribution in [3.05, 3.63) is 0 Å². The van der Waals surface area contributed by atoms with Gasteiger partial charge in [-0.25, -0.2) is 0 Å². The molecule has 3 heteroatoms. The molecule has 1 aliphatic heterocycles. The molecule has 0 aliphatic carbocycles. The van der Waals surface area contributed by atoms with Gasteiger partial charge in [-0.1, -0.05) is 26.7 Å². The van der Waals surface area contributed by atoms with E-state index in [2.05, 4.69) is 33.0 Å². The van der Waals surface area contributed by atoms with Gasteiger partial charge in [-0.05, 0) is 26.7 Å². The molecule has 0 saturated carbocycles. The predicted molar refractivity (Wildman–Crippen MR) is 62.4 cm³/mol. The smallest absolute Gasteiger partial charge is 0.240 e. The molecule has 1 heterocycles. The molecule has 0 aromatic heterocycles. The van der Waals surface area contributed by atoms with E-state index >= 15 is 0 Å². The molecule has 0 aromatic carbocycles. The highest BCUT2D eigenvalue weighted by Crippen LogP contribution is 2.23. The van der Waals surface area contributed by atoms with Crippen LogP contribution in [-0.4, -0.2) is 29.1 Å². The van der Waals surface area contributed by atoms with E-state index in [1.807, 2.05) is 11.8 Å². The molecule has 1 saturated heterocycles. The molecule has 1 fully saturated rings. The Morgan fingerprint density at radius 1 is 1.33 bits per heavy atom. The van der Waals surface area contributed by atoms with Gasteiger partial charge in [0.05, 0.1) is 12.2 Å². The number of hydrogen-bond donors (Lipinski definition) is 1. The molecular weight excluding hydrogens is 188 g/mol. The van der Waals surface area contributed by atoms with E-state index in [0.717, 1.165) is 12.8 Å². The number of carbonyl (C=O) groups is 1. The van der Waals surface area contributed by atoms with Gasteiger partial charge in [0.25, 0.3) is 0 Å². The van der Waals surface area contributed by atoms with Crippen molar-refractivity contribution in [1.82, 2.24) is 10.2 Å². The first-order valence-electron chi connectivity index (χ1n) is 6.11. The summed E-state index contributed by atoms with van der Waals surface area (Å²) in [6.45, 7) is 10.6. The van der Waals surface area contributed by atoms with Crippen molar-refractivity contribution in [3.8, 4) is 0 Å². The highest BCUT2D eigenvalue weighted by molar-refractivity contribution is 5.84. The minimum atomic E-state index is -0.0168. The molecule has 88 valence electrons. The van der Waals surface area contributed by atoms with Crippen LogP contribution in [0.2, 0.25) is 0 Å². The lowest BCUT2D eigenvalue weighted by atomic mass is 9.94. The van der Waals surface area contributed by atoms with Crippen molar-refractivity contribution >= 4 is 5.91 Å². The van der Waals surface area contributed by atoms with E-state index in [9.17, 15) is 4.79 Å². The zero-order valence-corrected chi connectivity index (χ0v) is 10.6. The van der Waals surface area contributed by atoms with E-state index in [0.29, 0.717) is 12.0 Å². The van der Waals surface area contributed by atoms with Gasteiger partial charge in [0.15, 0.2) is 0 Å². The van der Waals surface area contributed by atoms with Gasteiger partial charge in [-0.15, -0.1) is 0 Å². The zero-order valence-electron chi connectivity index (χ0n) is 10.6. The average molecular weight is 212 g/mol. The maximum Gasteiger partial charge on any atom is 0.240 e. The van der Waals surface area contributed by atoms with Crippen LogP contribution in [0, 0.1) is 5.92 Å². The highest BCUT2D eigenvalue weighted by Gasteiger charge is 2.38. The Hall–Kier alpha value is -0.570. The van der Waals surface area contributed by atoms with E-state index in [1.165, 1.54) is 0 Å². The minimum absolute atomic E-state index is 0.0168. The molecule has 0 radical (unpaired) electrons. The molecule has 3 atom stereocenters. The molecular formula is C12H24N2O. The first-order chi connectivity index (χ1) is 7.02. The van der Waals surface area contributed by atoms with Crippen molar-refractivity contribution in [2.45, 2.75) is 65.7 Å². The third-order valence-corrected chi connectivity index (χ3v) is 3.70. The first kappa shape index (κ1) is 12.5. The molecule has 0 spiro atoms. The monoisotopic (exact) mass is 212 g/mol. The summed E-state index contributed by atoms with van der Waals surface area (Å²) in [7, 11) is 0. The van der Waals surface area contributed by atoms with Crippen molar-refractivity contribution in [3.63, 3.8) is 0 Å². The van der Waals surface area contributed by atoms with Gasteiger partial charge in [-0.2, -0.15) is 0 Å². The number of carbonyl (C=O) groups excluding carboxylic acids is 1. The third-order valence-electron chi connectivity index (χ3n) is 3.70. The van der Waals surface area contributed by atoms with E-state index in [4.69, 9.17) is 0 Å². The van der Waals surface area contributed by atoms with Crippen LogP contribution in [0.1, 0.15) is 47.5 Å². The molecule has 3 unspecified atom stereocenters. The van der Waals surface area contributed by atoms with Gasteiger partial charge in [0, 0.05) is 6.04 Å². The van der Waals surface area contributed by atoms with Crippen LogP contribution in [0.5, 0.6) is 0 Å². The van der Waals surface area contributed by atoms with Crippen molar-refractivity contribution in [2.75, 3.05) is 0 Å². The summed E-state index contributed by atoms with van der Waals surface area (Å²) >= 11 is 0. The highest BCUT2D eigenvalue weighted by atomic mass is 16.2. The summed E-state index contributed by atoms with van der Waals surface area (Å²) in [5.41, 5.74) is 0. The van der Waals surface area contributed by atoms with Crippen LogP contribution in [0.25, 0.3) is 0 Å². The van der Waals surface area contributed by atoms with E-state index < -0.39 is 0 Å². The van der Waals surface area contributed by atoms with Crippen LogP contribution in [0.3, 0.4) is 0 Å². The van der Waals surface area contributed by atoms with Crippen molar-refractivity contribution in [2.24, 2.45) is 5.92 Å². The van der Waals surface area contributed by atoms with Crippen molar-refractivity contribution < 1.29 is 4.79 Å². The predicted octanol–water partition coefficient (Wildman–Crippen LogP) is 1.98. The second-order valence-corrected chi connectivity index (χ2v) is 4.63. The second-order valence-electron chi connectivity index (χ2n) is 4.63. The lowest BCUT2D eigenvalue weighted by molar-refractivity contribution is -0.132. The Morgan fingerprint density at radius 3 is 2.20 bits per heavy atom. The number of nitrogens with zero attached hydrogens (tertiary/aromatic N) is 1. The maximum absolute atomic E-state index is 12.0. The standard InChI is InChI=1S/C12H24N2O/c1-6-11(7-2)9(4)14-10(5)13-8(3)12(14)15/h8-11,13H,6-7H2,1-5H3. The maximum atomic E-state index is 12.0. The zero-order chi connectivity index (χ0) is 11.6. The molecule has 0 aromatic rings. The molecule has 1 amide bonds. The third kappa shape index (κ3) is 2.33. The van der Waals surface area contributed by atoms with Gasteiger partial charge in [0.2, 0.25) is 5.91 Å². The van der Waals surface area contributed by atoms with Gasteiger partial charge in [-0.3, -0.25) is 10.1 Å². The largest absolute Gasteiger partial charge is 0.323 e. The van der Waals surface area contributed by atoms with Crippen molar-refractivity contribution in [1.29, 1.82) is 0 Å². The van der Waals surface area contributed by atoms with Crippen LogP contribution in [0.4, 0.5) is 0 Å². The average Bonchev–Trinajstić information content (AvgIpc) is 2.43. The minimum Gasteiger partial charge on any atom is -0.323 e. The molecule has 1 aliphatic rings.